The Bertz CT molecular complexity index is 1310. The number of carbonyl (C=O) groups is 1. The molecule has 10 heteroatoms. The van der Waals surface area contributed by atoms with Crippen LogP contribution in [0.1, 0.15) is 19.8 Å². The SMILES string of the molecule is CCn1c(=NC(=O)C2CCCN(S(=O)(=O)c3ccc(OC)cc3)C2)sc2cc(Cl)ccc21. The predicted octanol–water partition coefficient (Wildman–Crippen LogP) is 3.91. The summed E-state index contributed by atoms with van der Waals surface area (Å²) in [5.74, 6) is -0.182. The maximum absolute atomic E-state index is 13.1. The number of hydrogen-bond acceptors (Lipinski definition) is 5. The average molecular weight is 494 g/mol. The molecule has 0 aliphatic carbocycles. The summed E-state index contributed by atoms with van der Waals surface area (Å²) in [6.07, 6.45) is 1.22. The maximum Gasteiger partial charge on any atom is 0.252 e. The molecule has 0 bridgehead atoms. The Morgan fingerprint density at radius 1 is 1.25 bits per heavy atom. The van der Waals surface area contributed by atoms with Crippen molar-refractivity contribution in [2.75, 3.05) is 20.2 Å². The van der Waals surface area contributed by atoms with E-state index in [0.29, 0.717) is 41.5 Å². The highest BCUT2D eigenvalue weighted by Gasteiger charge is 2.33. The summed E-state index contributed by atoms with van der Waals surface area (Å²) in [7, 11) is -2.17. The van der Waals surface area contributed by atoms with Crippen molar-refractivity contribution in [1.29, 1.82) is 0 Å². The first-order valence-electron chi connectivity index (χ1n) is 10.3. The molecule has 0 N–H and O–H groups in total. The summed E-state index contributed by atoms with van der Waals surface area (Å²) in [6.45, 7) is 3.17. The Labute approximate surface area is 196 Å². The van der Waals surface area contributed by atoms with Crippen LogP contribution < -0.4 is 9.54 Å². The molecule has 1 aliphatic heterocycles. The van der Waals surface area contributed by atoms with Crippen LogP contribution in [-0.2, 0) is 21.4 Å². The number of rotatable bonds is 5. The van der Waals surface area contributed by atoms with Crippen LogP contribution in [0, 0.1) is 5.92 Å². The minimum absolute atomic E-state index is 0.125. The summed E-state index contributed by atoms with van der Waals surface area (Å²) in [5.41, 5.74) is 0.973. The molecule has 1 unspecified atom stereocenters. The highest BCUT2D eigenvalue weighted by molar-refractivity contribution is 7.89. The van der Waals surface area contributed by atoms with Crippen molar-refractivity contribution in [2.24, 2.45) is 10.9 Å². The molecular weight excluding hydrogens is 470 g/mol. The van der Waals surface area contributed by atoms with Gasteiger partial charge in [0, 0.05) is 24.7 Å². The van der Waals surface area contributed by atoms with Crippen molar-refractivity contribution in [2.45, 2.75) is 31.2 Å². The normalized spacial score (nSPS) is 18.2. The Morgan fingerprint density at radius 2 is 2.00 bits per heavy atom. The molecule has 1 aromatic heterocycles. The smallest absolute Gasteiger partial charge is 0.252 e. The zero-order valence-electron chi connectivity index (χ0n) is 17.8. The standard InChI is InChI=1S/C22H24ClN3O4S2/c1-3-26-19-11-6-16(23)13-20(19)31-22(26)24-21(27)15-5-4-12-25(14-15)32(28,29)18-9-7-17(30-2)8-10-18/h6-11,13,15H,3-5,12,14H2,1-2H3. The Morgan fingerprint density at radius 3 is 2.69 bits per heavy atom. The zero-order valence-corrected chi connectivity index (χ0v) is 20.2. The van der Waals surface area contributed by atoms with Crippen LogP contribution in [0.25, 0.3) is 10.2 Å². The van der Waals surface area contributed by atoms with Crippen LogP contribution in [0.5, 0.6) is 5.75 Å². The van der Waals surface area contributed by atoms with Gasteiger partial charge in [-0.2, -0.15) is 9.30 Å². The number of nitrogens with zero attached hydrogens (tertiary/aromatic N) is 3. The van der Waals surface area contributed by atoms with Crippen molar-refractivity contribution < 1.29 is 17.9 Å². The highest BCUT2D eigenvalue weighted by Crippen LogP contribution is 2.26. The Balaban J connectivity index is 1.59. The van der Waals surface area contributed by atoms with E-state index < -0.39 is 15.9 Å². The lowest BCUT2D eigenvalue weighted by Gasteiger charge is -2.30. The van der Waals surface area contributed by atoms with Crippen molar-refractivity contribution in [3.8, 4) is 5.75 Å². The van der Waals surface area contributed by atoms with Crippen molar-refractivity contribution in [3.05, 3.63) is 52.3 Å². The summed E-state index contributed by atoms with van der Waals surface area (Å²) in [5, 5.41) is 0.631. The molecule has 0 saturated carbocycles. The number of ether oxygens (including phenoxy) is 1. The minimum atomic E-state index is -3.70. The molecule has 1 fully saturated rings. The van der Waals surface area contributed by atoms with E-state index in [2.05, 4.69) is 4.99 Å². The molecule has 1 aliphatic rings. The van der Waals surface area contributed by atoms with Gasteiger partial charge in [-0.25, -0.2) is 8.42 Å². The van der Waals surface area contributed by atoms with Crippen LogP contribution in [0.4, 0.5) is 0 Å². The van der Waals surface area contributed by atoms with Crippen molar-refractivity contribution in [3.63, 3.8) is 0 Å². The van der Waals surface area contributed by atoms with Gasteiger partial charge in [-0.1, -0.05) is 22.9 Å². The van der Waals surface area contributed by atoms with E-state index in [-0.39, 0.29) is 17.3 Å². The molecule has 4 rings (SSSR count). The number of thiazole rings is 1. The van der Waals surface area contributed by atoms with Gasteiger partial charge in [0.1, 0.15) is 5.75 Å². The van der Waals surface area contributed by atoms with Gasteiger partial charge in [0.2, 0.25) is 10.0 Å². The summed E-state index contributed by atoms with van der Waals surface area (Å²) in [4.78, 5) is 18.2. The Kier molecular flexibility index (Phi) is 6.71. The van der Waals surface area contributed by atoms with Crippen LogP contribution in [0.15, 0.2) is 52.4 Å². The van der Waals surface area contributed by atoms with E-state index >= 15 is 0 Å². The second-order valence-electron chi connectivity index (χ2n) is 7.57. The number of fused-ring (bicyclic) bond motifs is 1. The second kappa shape index (κ2) is 9.35. The quantitative estimate of drug-likeness (QED) is 0.539. The molecule has 1 amide bonds. The minimum Gasteiger partial charge on any atom is -0.497 e. The van der Waals surface area contributed by atoms with Crippen LogP contribution in [0.2, 0.25) is 5.02 Å². The van der Waals surface area contributed by atoms with Crippen LogP contribution >= 0.6 is 22.9 Å². The molecular formula is C22H24ClN3O4S2. The van der Waals surface area contributed by atoms with E-state index in [1.165, 1.54) is 34.9 Å². The van der Waals surface area contributed by atoms with Gasteiger partial charge in [0.25, 0.3) is 5.91 Å². The summed E-state index contributed by atoms with van der Waals surface area (Å²) < 4.78 is 35.6. The molecule has 2 aromatic carbocycles. The molecule has 1 saturated heterocycles. The zero-order chi connectivity index (χ0) is 22.9. The fourth-order valence-electron chi connectivity index (χ4n) is 3.88. The number of carbonyl (C=O) groups excluding carboxylic acids is 1. The lowest BCUT2D eigenvalue weighted by molar-refractivity contribution is -0.122. The number of aromatic nitrogens is 1. The molecule has 0 radical (unpaired) electrons. The molecule has 3 aromatic rings. The third-order valence-electron chi connectivity index (χ3n) is 5.60. The van der Waals surface area contributed by atoms with E-state index in [1.54, 1.807) is 12.1 Å². The number of sulfonamides is 1. The fraction of sp³-hybridized carbons (Fsp3) is 0.364. The molecule has 1 atom stereocenters. The summed E-state index contributed by atoms with van der Waals surface area (Å²) >= 11 is 7.52. The molecule has 7 nitrogen and oxygen atoms in total. The van der Waals surface area contributed by atoms with Gasteiger partial charge in [-0.15, -0.1) is 0 Å². The summed E-state index contributed by atoms with van der Waals surface area (Å²) in [6, 6.07) is 11.9. The average Bonchev–Trinajstić information content (AvgIpc) is 3.14. The first-order chi connectivity index (χ1) is 15.3. The van der Waals surface area contributed by atoms with Gasteiger partial charge >= 0.3 is 0 Å². The van der Waals surface area contributed by atoms with E-state index in [9.17, 15) is 13.2 Å². The van der Waals surface area contributed by atoms with Crippen LogP contribution in [-0.4, -0.2) is 43.4 Å². The molecule has 170 valence electrons. The van der Waals surface area contributed by atoms with Crippen LogP contribution in [0.3, 0.4) is 0 Å². The molecule has 2 heterocycles. The van der Waals surface area contributed by atoms with E-state index in [0.717, 1.165) is 10.2 Å². The van der Waals surface area contributed by atoms with Gasteiger partial charge < -0.3 is 9.30 Å². The monoisotopic (exact) mass is 493 g/mol. The largest absolute Gasteiger partial charge is 0.497 e. The predicted molar refractivity (Wildman–Crippen MR) is 126 cm³/mol. The Hall–Kier alpha value is -2.20. The van der Waals surface area contributed by atoms with Gasteiger partial charge in [0.15, 0.2) is 4.80 Å². The first-order valence-corrected chi connectivity index (χ1v) is 13.0. The second-order valence-corrected chi connectivity index (χ2v) is 11.0. The van der Waals surface area contributed by atoms with Gasteiger partial charge in [-0.3, -0.25) is 4.79 Å². The number of benzene rings is 2. The maximum atomic E-state index is 13.1. The van der Waals surface area contributed by atoms with Gasteiger partial charge in [-0.05, 0) is 62.2 Å². The number of hydrogen-bond donors (Lipinski definition) is 0. The van der Waals surface area contributed by atoms with E-state index in [1.807, 2.05) is 29.7 Å². The number of amides is 1. The highest BCUT2D eigenvalue weighted by atomic mass is 35.5. The van der Waals surface area contributed by atoms with Crippen molar-refractivity contribution in [1.82, 2.24) is 8.87 Å². The third kappa shape index (κ3) is 4.47. The third-order valence-corrected chi connectivity index (χ3v) is 8.75. The number of aryl methyl sites for hydroxylation is 1. The first kappa shape index (κ1) is 23.0. The lowest BCUT2D eigenvalue weighted by atomic mass is 9.99. The molecule has 0 spiro atoms. The fourth-order valence-corrected chi connectivity index (χ4v) is 6.78. The van der Waals surface area contributed by atoms with Gasteiger partial charge in [0.05, 0.1) is 28.1 Å². The number of halogens is 1. The number of methoxy groups -OCH3 is 1. The molecule has 32 heavy (non-hydrogen) atoms. The van der Waals surface area contributed by atoms with Crippen molar-refractivity contribution >= 4 is 49.1 Å². The van der Waals surface area contributed by atoms with E-state index in [4.69, 9.17) is 16.3 Å². The number of piperidine rings is 1. The topological polar surface area (TPSA) is 81.0 Å². The lowest BCUT2D eigenvalue weighted by Crippen LogP contribution is -2.42.